The van der Waals surface area contributed by atoms with E-state index in [1.807, 2.05) is 47.4 Å². The molecule has 0 spiro atoms. The molecule has 1 aromatic heterocycles. The van der Waals surface area contributed by atoms with Crippen molar-refractivity contribution in [1.29, 1.82) is 0 Å². The number of hydrogen-bond acceptors (Lipinski definition) is 7. The van der Waals surface area contributed by atoms with Gasteiger partial charge in [-0.1, -0.05) is 45.5 Å². The normalized spacial score (nSPS) is 17.7. The van der Waals surface area contributed by atoms with E-state index in [0.29, 0.717) is 47.2 Å². The summed E-state index contributed by atoms with van der Waals surface area (Å²) in [4.78, 5) is 17.6. The standard InChI is InChI=1S/C31H42N4O5Si/c1-22(37-5)29-27(38-6)14-11-15-28(29)40-24-17-16-23(21-39-41(7,8)31(2,3)4)34(20-24)30(36)25-12-9-10-13-26(25)35-32-18-19-33-35/h9-15,18-19,23-24H,1,16-17,20-21H2,2-8H3/t23-,24+/m0/s1. The van der Waals surface area contributed by atoms with Gasteiger partial charge < -0.3 is 23.5 Å². The van der Waals surface area contributed by atoms with Crippen LogP contribution in [0.25, 0.3) is 11.4 Å². The first kappa shape index (κ1) is 30.3. The summed E-state index contributed by atoms with van der Waals surface area (Å²) in [7, 11) is 1.14. The van der Waals surface area contributed by atoms with Gasteiger partial charge in [-0.25, -0.2) is 0 Å². The van der Waals surface area contributed by atoms with Gasteiger partial charge in [0.15, 0.2) is 8.32 Å². The minimum Gasteiger partial charge on any atom is -0.496 e. The van der Waals surface area contributed by atoms with E-state index in [2.05, 4.69) is 50.6 Å². The molecule has 41 heavy (non-hydrogen) atoms. The number of amides is 1. The lowest BCUT2D eigenvalue weighted by Gasteiger charge is -2.43. The number of likely N-dealkylation sites (tertiary alicyclic amines) is 1. The molecule has 0 bridgehead atoms. The second-order valence-electron chi connectivity index (χ2n) is 11.8. The van der Waals surface area contributed by atoms with E-state index in [1.54, 1.807) is 26.6 Å². The molecule has 2 heterocycles. The van der Waals surface area contributed by atoms with E-state index in [-0.39, 0.29) is 23.1 Å². The first-order valence-corrected chi connectivity index (χ1v) is 16.8. The molecule has 220 valence electrons. The van der Waals surface area contributed by atoms with E-state index >= 15 is 0 Å². The Kier molecular flexibility index (Phi) is 9.23. The van der Waals surface area contributed by atoms with E-state index in [0.717, 1.165) is 12.8 Å². The highest BCUT2D eigenvalue weighted by Crippen LogP contribution is 2.38. The average molecular weight is 579 g/mol. The van der Waals surface area contributed by atoms with Gasteiger partial charge in [-0.3, -0.25) is 4.79 Å². The quantitative estimate of drug-likeness (QED) is 0.216. The maximum absolute atomic E-state index is 14.3. The molecule has 1 fully saturated rings. The van der Waals surface area contributed by atoms with Crippen molar-refractivity contribution in [3.63, 3.8) is 0 Å². The summed E-state index contributed by atoms with van der Waals surface area (Å²) in [5.74, 6) is 1.55. The van der Waals surface area contributed by atoms with E-state index in [4.69, 9.17) is 18.6 Å². The van der Waals surface area contributed by atoms with Crippen molar-refractivity contribution >= 4 is 20.0 Å². The fourth-order valence-electron chi connectivity index (χ4n) is 4.69. The molecule has 1 amide bonds. The highest BCUT2D eigenvalue weighted by atomic mass is 28.4. The van der Waals surface area contributed by atoms with Crippen molar-refractivity contribution in [1.82, 2.24) is 19.9 Å². The summed E-state index contributed by atoms with van der Waals surface area (Å²) in [6, 6.07) is 12.9. The summed E-state index contributed by atoms with van der Waals surface area (Å²) >= 11 is 0. The summed E-state index contributed by atoms with van der Waals surface area (Å²) in [6.07, 6.45) is 4.43. The molecule has 2 atom stereocenters. The van der Waals surface area contributed by atoms with Gasteiger partial charge in [0.1, 0.15) is 23.4 Å². The number of ether oxygens (including phenoxy) is 3. The van der Waals surface area contributed by atoms with Gasteiger partial charge in [0, 0.05) is 0 Å². The van der Waals surface area contributed by atoms with Gasteiger partial charge in [-0.15, -0.1) is 0 Å². The number of carbonyl (C=O) groups excluding carboxylic acids is 1. The summed E-state index contributed by atoms with van der Waals surface area (Å²) in [6.45, 7) is 16.0. The van der Waals surface area contributed by atoms with Crippen molar-refractivity contribution in [2.24, 2.45) is 0 Å². The van der Waals surface area contributed by atoms with Gasteiger partial charge in [0.25, 0.3) is 5.91 Å². The van der Waals surface area contributed by atoms with Gasteiger partial charge >= 0.3 is 0 Å². The fourth-order valence-corrected chi connectivity index (χ4v) is 5.73. The first-order chi connectivity index (χ1) is 19.5. The first-order valence-electron chi connectivity index (χ1n) is 13.9. The Hall–Kier alpha value is -3.63. The largest absolute Gasteiger partial charge is 0.496 e. The Morgan fingerprint density at radius 2 is 1.71 bits per heavy atom. The zero-order valence-electron chi connectivity index (χ0n) is 25.2. The SMILES string of the molecule is C=C(OC)c1c(OC)cccc1O[C@@H]1CC[C@@H](CO[Si](C)(C)C(C)(C)C)N(C(=O)c2ccccc2-n2nccn2)C1. The summed E-state index contributed by atoms with van der Waals surface area (Å²) in [5.41, 5.74) is 1.81. The van der Waals surface area contributed by atoms with E-state index < -0.39 is 8.32 Å². The van der Waals surface area contributed by atoms with Crippen LogP contribution in [0.1, 0.15) is 49.5 Å². The predicted octanol–water partition coefficient (Wildman–Crippen LogP) is 5.97. The van der Waals surface area contributed by atoms with Crippen LogP contribution in [0.15, 0.2) is 61.4 Å². The third-order valence-electron chi connectivity index (χ3n) is 8.16. The molecule has 1 aliphatic rings. The van der Waals surface area contributed by atoms with Crippen molar-refractivity contribution < 1.29 is 23.4 Å². The Morgan fingerprint density at radius 1 is 1.02 bits per heavy atom. The molecule has 4 rings (SSSR count). The van der Waals surface area contributed by atoms with Crippen LogP contribution in [0, 0.1) is 0 Å². The molecule has 0 saturated carbocycles. The van der Waals surface area contributed by atoms with Crippen LogP contribution in [-0.4, -0.2) is 73.6 Å². The predicted molar refractivity (Wildman–Crippen MR) is 162 cm³/mol. The molecule has 0 unspecified atom stereocenters. The number of rotatable bonds is 10. The third kappa shape index (κ3) is 6.65. The maximum Gasteiger partial charge on any atom is 0.256 e. The maximum atomic E-state index is 14.3. The Balaban J connectivity index is 1.65. The van der Waals surface area contributed by atoms with Crippen LogP contribution in [0.5, 0.6) is 11.5 Å². The van der Waals surface area contributed by atoms with Crippen LogP contribution in [0.4, 0.5) is 0 Å². The highest BCUT2D eigenvalue weighted by molar-refractivity contribution is 6.74. The molecule has 2 aromatic carbocycles. The number of nitrogens with zero attached hydrogens (tertiary/aromatic N) is 4. The van der Waals surface area contributed by atoms with Crippen molar-refractivity contribution in [3.8, 4) is 17.2 Å². The van der Waals surface area contributed by atoms with Gasteiger partial charge in [-0.2, -0.15) is 15.0 Å². The number of aromatic nitrogens is 3. The molecule has 0 aliphatic carbocycles. The fraction of sp³-hybridized carbons (Fsp3) is 0.452. The monoisotopic (exact) mass is 578 g/mol. The minimum atomic E-state index is -2.03. The van der Waals surface area contributed by atoms with Crippen LogP contribution >= 0.6 is 0 Å². The molecular formula is C31H42N4O5Si. The van der Waals surface area contributed by atoms with Crippen LogP contribution in [-0.2, 0) is 9.16 Å². The number of hydrogen-bond donors (Lipinski definition) is 0. The topological polar surface area (TPSA) is 87.9 Å². The lowest BCUT2D eigenvalue weighted by molar-refractivity contribution is 0.0224. The zero-order valence-corrected chi connectivity index (χ0v) is 26.2. The smallest absolute Gasteiger partial charge is 0.256 e. The number of methoxy groups -OCH3 is 2. The van der Waals surface area contributed by atoms with Crippen molar-refractivity contribution in [2.75, 3.05) is 27.4 Å². The molecule has 9 nitrogen and oxygen atoms in total. The number of piperidine rings is 1. The Bertz CT molecular complexity index is 1350. The molecule has 1 saturated heterocycles. The molecule has 0 radical (unpaired) electrons. The Labute approximate surface area is 244 Å². The number of para-hydroxylation sites is 1. The van der Waals surface area contributed by atoms with Crippen LogP contribution in [0.2, 0.25) is 18.1 Å². The summed E-state index contributed by atoms with van der Waals surface area (Å²) in [5, 5.41) is 8.60. The average Bonchev–Trinajstić information content (AvgIpc) is 3.50. The summed E-state index contributed by atoms with van der Waals surface area (Å²) < 4.78 is 24.2. The van der Waals surface area contributed by atoms with Gasteiger partial charge in [0.2, 0.25) is 0 Å². The van der Waals surface area contributed by atoms with Crippen LogP contribution in [0.3, 0.4) is 0 Å². The minimum absolute atomic E-state index is 0.0625. The third-order valence-corrected chi connectivity index (χ3v) is 12.7. The molecular weight excluding hydrogens is 536 g/mol. The van der Waals surface area contributed by atoms with Gasteiger partial charge in [0.05, 0.1) is 62.6 Å². The van der Waals surface area contributed by atoms with Crippen LogP contribution < -0.4 is 9.47 Å². The highest BCUT2D eigenvalue weighted by Gasteiger charge is 2.40. The molecule has 1 aliphatic heterocycles. The molecule has 10 heteroatoms. The lowest BCUT2D eigenvalue weighted by atomic mass is 9.98. The number of carbonyl (C=O) groups is 1. The molecule has 0 N–H and O–H groups in total. The second-order valence-corrected chi connectivity index (χ2v) is 16.6. The van der Waals surface area contributed by atoms with E-state index in [1.165, 1.54) is 4.80 Å². The second kappa shape index (κ2) is 12.5. The van der Waals surface area contributed by atoms with E-state index in [9.17, 15) is 4.79 Å². The number of benzene rings is 2. The van der Waals surface area contributed by atoms with Gasteiger partial charge in [-0.05, 0) is 55.2 Å². The van der Waals surface area contributed by atoms with Crippen molar-refractivity contribution in [3.05, 3.63) is 72.6 Å². The van der Waals surface area contributed by atoms with Crippen molar-refractivity contribution in [2.45, 2.75) is 63.9 Å². The lowest BCUT2D eigenvalue weighted by Crippen LogP contribution is -2.54. The Morgan fingerprint density at radius 3 is 2.37 bits per heavy atom. The molecule has 3 aromatic rings. The zero-order chi connectivity index (χ0) is 29.8.